The quantitative estimate of drug-likeness (QED) is 0.668. The molecular weight excluding hydrogens is 396 g/mol. The smallest absolute Gasteiger partial charge is 0.247 e. The molecule has 2 aromatic carbocycles. The summed E-state index contributed by atoms with van der Waals surface area (Å²) in [5.41, 5.74) is 0.796. The number of nitrogens with zero attached hydrogens (tertiary/aromatic N) is 1. The molecule has 0 aromatic heterocycles. The molecule has 0 aliphatic carbocycles. The van der Waals surface area contributed by atoms with Gasteiger partial charge in [-0.15, -0.1) is 0 Å². The van der Waals surface area contributed by atoms with Crippen molar-refractivity contribution in [3.63, 3.8) is 0 Å². The number of hydrogen-bond donors (Lipinski definition) is 1. The fourth-order valence-electron chi connectivity index (χ4n) is 2.85. The third-order valence-electron chi connectivity index (χ3n) is 4.12. The fraction of sp³-hybridized carbons (Fsp3) is 0.350. The van der Waals surface area contributed by atoms with Gasteiger partial charge in [0.1, 0.15) is 11.8 Å². The molecule has 9 heteroatoms. The number of nitrogens with one attached hydrogen (secondary N) is 1. The zero-order valence-electron chi connectivity index (χ0n) is 17.1. The number of anilines is 2. The van der Waals surface area contributed by atoms with Gasteiger partial charge in [-0.1, -0.05) is 6.07 Å². The van der Waals surface area contributed by atoms with Gasteiger partial charge in [-0.3, -0.25) is 9.10 Å². The minimum absolute atomic E-state index is 0.288. The highest BCUT2D eigenvalue weighted by Gasteiger charge is 2.30. The molecule has 158 valence electrons. The van der Waals surface area contributed by atoms with E-state index in [1.165, 1.54) is 27.2 Å². The van der Waals surface area contributed by atoms with Crippen molar-refractivity contribution < 1.29 is 27.4 Å². The Balaban J connectivity index is 2.33. The molecule has 8 nitrogen and oxygen atoms in total. The zero-order valence-corrected chi connectivity index (χ0v) is 17.9. The Morgan fingerprint density at radius 3 is 2.38 bits per heavy atom. The predicted octanol–water partition coefficient (Wildman–Crippen LogP) is 2.90. The summed E-state index contributed by atoms with van der Waals surface area (Å²) in [5.74, 6) is 0.932. The van der Waals surface area contributed by atoms with E-state index in [9.17, 15) is 13.2 Å². The Hall–Kier alpha value is -2.94. The van der Waals surface area contributed by atoms with Gasteiger partial charge in [0, 0.05) is 17.8 Å². The minimum Gasteiger partial charge on any atom is -0.494 e. The van der Waals surface area contributed by atoms with Crippen LogP contribution in [-0.4, -0.2) is 47.4 Å². The zero-order chi connectivity index (χ0) is 21.6. The summed E-state index contributed by atoms with van der Waals surface area (Å²) < 4.78 is 41.9. The summed E-state index contributed by atoms with van der Waals surface area (Å²) in [5, 5.41) is 2.73. The van der Waals surface area contributed by atoms with Gasteiger partial charge in [0.2, 0.25) is 15.9 Å². The fourth-order valence-corrected chi connectivity index (χ4v) is 4.01. The normalized spacial score (nSPS) is 12.0. The topological polar surface area (TPSA) is 94.2 Å². The van der Waals surface area contributed by atoms with E-state index in [4.69, 9.17) is 14.2 Å². The van der Waals surface area contributed by atoms with Gasteiger partial charge in [-0.25, -0.2) is 8.42 Å². The molecule has 0 radical (unpaired) electrons. The average Bonchev–Trinajstić information content (AvgIpc) is 2.67. The molecule has 1 N–H and O–H groups in total. The standard InChI is InChI=1S/C20H26N2O6S/c1-6-28-17-9-7-8-15(12-17)21-20(23)14(2)22(29(5,24)25)16-10-11-18(26-3)19(13-16)27-4/h7-14H,6H2,1-5H3,(H,21,23)/t14-/m0/s1. The monoisotopic (exact) mass is 422 g/mol. The molecule has 0 saturated heterocycles. The second-order valence-electron chi connectivity index (χ2n) is 6.22. The molecule has 2 aromatic rings. The number of amides is 1. The van der Waals surface area contributed by atoms with Crippen LogP contribution in [0.1, 0.15) is 13.8 Å². The van der Waals surface area contributed by atoms with E-state index in [-0.39, 0.29) is 5.69 Å². The second kappa shape index (κ2) is 9.51. The lowest BCUT2D eigenvalue weighted by atomic mass is 10.2. The number of methoxy groups -OCH3 is 2. The van der Waals surface area contributed by atoms with E-state index >= 15 is 0 Å². The maximum Gasteiger partial charge on any atom is 0.247 e. The van der Waals surface area contributed by atoms with Gasteiger partial charge in [0.25, 0.3) is 0 Å². The van der Waals surface area contributed by atoms with Crippen molar-refractivity contribution in [3.05, 3.63) is 42.5 Å². The first-order valence-corrected chi connectivity index (χ1v) is 10.8. The summed E-state index contributed by atoms with van der Waals surface area (Å²) in [7, 11) is -0.828. The molecule has 0 fully saturated rings. The van der Waals surface area contributed by atoms with Crippen LogP contribution in [0.5, 0.6) is 17.2 Å². The number of carbonyl (C=O) groups excluding carboxylic acids is 1. The number of benzene rings is 2. The van der Waals surface area contributed by atoms with E-state index in [0.29, 0.717) is 29.5 Å². The summed E-state index contributed by atoms with van der Waals surface area (Å²) >= 11 is 0. The molecule has 29 heavy (non-hydrogen) atoms. The number of ether oxygens (including phenoxy) is 3. The molecule has 0 heterocycles. The maximum absolute atomic E-state index is 12.8. The van der Waals surface area contributed by atoms with Crippen molar-refractivity contribution in [1.29, 1.82) is 0 Å². The van der Waals surface area contributed by atoms with Crippen molar-refractivity contribution in [1.82, 2.24) is 0 Å². The first-order chi connectivity index (χ1) is 13.7. The third-order valence-corrected chi connectivity index (χ3v) is 5.36. The summed E-state index contributed by atoms with van der Waals surface area (Å²) in [6.07, 6.45) is 1.04. The second-order valence-corrected chi connectivity index (χ2v) is 8.08. The van der Waals surface area contributed by atoms with E-state index in [1.54, 1.807) is 36.4 Å². The molecular formula is C20H26N2O6S. The molecule has 2 rings (SSSR count). The Bertz CT molecular complexity index is 961. The SMILES string of the molecule is CCOc1cccc(NC(=O)[C@H](C)N(c2ccc(OC)c(OC)c2)S(C)(=O)=O)c1. The van der Waals surface area contributed by atoms with Gasteiger partial charge >= 0.3 is 0 Å². The number of rotatable bonds is 9. The first-order valence-electron chi connectivity index (χ1n) is 8.96. The van der Waals surface area contributed by atoms with Crippen LogP contribution < -0.4 is 23.8 Å². The van der Waals surface area contributed by atoms with Crippen LogP contribution in [0.4, 0.5) is 11.4 Å². The largest absolute Gasteiger partial charge is 0.494 e. The van der Waals surface area contributed by atoms with Gasteiger partial charge < -0.3 is 19.5 Å². The molecule has 1 atom stereocenters. The lowest BCUT2D eigenvalue weighted by molar-refractivity contribution is -0.116. The molecule has 1 amide bonds. The molecule has 0 saturated carbocycles. The first kappa shape index (κ1) is 22.4. The third kappa shape index (κ3) is 5.54. The van der Waals surface area contributed by atoms with Crippen molar-refractivity contribution >= 4 is 27.3 Å². The molecule has 0 unspecified atom stereocenters. The minimum atomic E-state index is -3.76. The van der Waals surface area contributed by atoms with Gasteiger partial charge in [-0.05, 0) is 38.1 Å². The van der Waals surface area contributed by atoms with Gasteiger partial charge in [0.15, 0.2) is 11.5 Å². The highest BCUT2D eigenvalue weighted by molar-refractivity contribution is 7.92. The maximum atomic E-state index is 12.8. The summed E-state index contributed by atoms with van der Waals surface area (Å²) in [4.78, 5) is 12.8. The molecule has 0 aliphatic heterocycles. The van der Waals surface area contributed by atoms with E-state index in [0.717, 1.165) is 10.6 Å². The predicted molar refractivity (Wildman–Crippen MR) is 113 cm³/mol. The van der Waals surface area contributed by atoms with Crippen LogP contribution in [-0.2, 0) is 14.8 Å². The highest BCUT2D eigenvalue weighted by Crippen LogP contribution is 2.33. The highest BCUT2D eigenvalue weighted by atomic mass is 32.2. The van der Waals surface area contributed by atoms with Crippen molar-refractivity contribution in [2.45, 2.75) is 19.9 Å². The lowest BCUT2D eigenvalue weighted by Crippen LogP contribution is -2.45. The van der Waals surface area contributed by atoms with Crippen LogP contribution in [0.2, 0.25) is 0 Å². The Kier molecular flexibility index (Phi) is 7.33. The average molecular weight is 423 g/mol. The Morgan fingerprint density at radius 1 is 1.10 bits per heavy atom. The van der Waals surface area contributed by atoms with Crippen LogP contribution in [0.25, 0.3) is 0 Å². The van der Waals surface area contributed by atoms with Crippen LogP contribution in [0.15, 0.2) is 42.5 Å². The Labute approximate surface area is 171 Å². The Morgan fingerprint density at radius 2 is 1.79 bits per heavy atom. The molecule has 0 aliphatic rings. The van der Waals surface area contributed by atoms with Gasteiger partial charge in [-0.2, -0.15) is 0 Å². The molecule has 0 bridgehead atoms. The van der Waals surface area contributed by atoms with E-state index < -0.39 is 22.0 Å². The van der Waals surface area contributed by atoms with Crippen LogP contribution in [0.3, 0.4) is 0 Å². The number of hydrogen-bond acceptors (Lipinski definition) is 6. The van der Waals surface area contributed by atoms with Crippen LogP contribution in [0, 0.1) is 0 Å². The van der Waals surface area contributed by atoms with Crippen molar-refractivity contribution in [2.75, 3.05) is 36.7 Å². The number of carbonyl (C=O) groups is 1. The van der Waals surface area contributed by atoms with Gasteiger partial charge in [0.05, 0.1) is 32.8 Å². The molecule has 0 spiro atoms. The summed E-state index contributed by atoms with van der Waals surface area (Å²) in [6, 6.07) is 10.5. The number of sulfonamides is 1. The summed E-state index contributed by atoms with van der Waals surface area (Å²) in [6.45, 7) is 3.87. The van der Waals surface area contributed by atoms with Crippen LogP contribution >= 0.6 is 0 Å². The van der Waals surface area contributed by atoms with E-state index in [1.807, 2.05) is 6.92 Å². The lowest BCUT2D eigenvalue weighted by Gasteiger charge is -2.28. The van der Waals surface area contributed by atoms with E-state index in [2.05, 4.69) is 5.32 Å². The van der Waals surface area contributed by atoms with Crippen molar-refractivity contribution in [2.24, 2.45) is 0 Å². The van der Waals surface area contributed by atoms with Crippen molar-refractivity contribution in [3.8, 4) is 17.2 Å².